The minimum absolute atomic E-state index is 0.0993. The second kappa shape index (κ2) is 6.76. The molecule has 0 aliphatic rings. The quantitative estimate of drug-likeness (QED) is 0.922. The van der Waals surface area contributed by atoms with Crippen LogP contribution in [-0.4, -0.2) is 22.2 Å². The van der Waals surface area contributed by atoms with Crippen molar-refractivity contribution >= 4 is 17.5 Å². The van der Waals surface area contributed by atoms with E-state index in [2.05, 4.69) is 23.4 Å². The van der Waals surface area contributed by atoms with Crippen molar-refractivity contribution in [1.29, 1.82) is 0 Å². The van der Waals surface area contributed by atoms with Crippen molar-refractivity contribution in [1.82, 2.24) is 15.1 Å². The van der Waals surface area contributed by atoms with E-state index in [1.807, 2.05) is 18.5 Å². The number of carbonyl (C=O) groups excluding carboxylic acids is 1. The van der Waals surface area contributed by atoms with Crippen LogP contribution in [0.15, 0.2) is 30.3 Å². The summed E-state index contributed by atoms with van der Waals surface area (Å²) >= 11 is 5.89. The van der Waals surface area contributed by atoms with Gasteiger partial charge in [-0.2, -0.15) is 5.10 Å². The van der Waals surface area contributed by atoms with Gasteiger partial charge in [0.1, 0.15) is 0 Å². The van der Waals surface area contributed by atoms with Crippen LogP contribution in [-0.2, 0) is 6.54 Å². The summed E-state index contributed by atoms with van der Waals surface area (Å²) in [6.07, 6.45) is 0. The van der Waals surface area contributed by atoms with Gasteiger partial charge in [-0.05, 0) is 44.0 Å². The molecule has 0 bridgehead atoms. The van der Waals surface area contributed by atoms with Crippen LogP contribution in [0.2, 0.25) is 5.02 Å². The number of carbonyl (C=O) groups is 1. The van der Waals surface area contributed by atoms with Crippen molar-refractivity contribution < 1.29 is 4.79 Å². The maximum atomic E-state index is 12.0. The Kier molecular flexibility index (Phi) is 5.02. The molecular weight excluding hydrogens is 286 g/mol. The molecule has 1 amide bonds. The lowest BCUT2D eigenvalue weighted by Crippen LogP contribution is -2.30. The average molecular weight is 306 g/mol. The first-order chi connectivity index (χ1) is 9.95. The van der Waals surface area contributed by atoms with Gasteiger partial charge >= 0.3 is 0 Å². The van der Waals surface area contributed by atoms with Crippen LogP contribution >= 0.6 is 11.6 Å². The highest BCUT2D eigenvalue weighted by atomic mass is 35.5. The van der Waals surface area contributed by atoms with Gasteiger partial charge in [0.15, 0.2) is 0 Å². The van der Waals surface area contributed by atoms with Crippen molar-refractivity contribution in [3.63, 3.8) is 0 Å². The van der Waals surface area contributed by atoms with E-state index in [0.29, 0.717) is 23.0 Å². The summed E-state index contributed by atoms with van der Waals surface area (Å²) in [4.78, 5) is 12.0. The van der Waals surface area contributed by atoms with Crippen LogP contribution in [0.1, 0.15) is 28.7 Å². The van der Waals surface area contributed by atoms with Gasteiger partial charge in [0.05, 0.1) is 5.69 Å². The summed E-state index contributed by atoms with van der Waals surface area (Å²) in [7, 11) is 0. The number of halogens is 1. The van der Waals surface area contributed by atoms with E-state index in [-0.39, 0.29) is 5.91 Å². The van der Waals surface area contributed by atoms with E-state index in [9.17, 15) is 4.79 Å². The maximum Gasteiger partial charge on any atom is 0.251 e. The van der Waals surface area contributed by atoms with Crippen LogP contribution in [0.3, 0.4) is 0 Å². The number of nitrogens with one attached hydrogen (secondary N) is 1. The third-order valence-corrected chi connectivity index (χ3v) is 3.52. The second-order valence-corrected chi connectivity index (χ2v) is 5.87. The summed E-state index contributed by atoms with van der Waals surface area (Å²) in [6.45, 7) is 7.50. The summed E-state index contributed by atoms with van der Waals surface area (Å²) in [6, 6.07) is 9.01. The Labute approximate surface area is 130 Å². The predicted octanol–water partition coefficient (Wildman–Crippen LogP) is 3.22. The largest absolute Gasteiger partial charge is 0.352 e. The van der Waals surface area contributed by atoms with Crippen LogP contribution in [0.4, 0.5) is 0 Å². The molecule has 0 radical (unpaired) electrons. The molecule has 1 unspecified atom stereocenters. The Balaban J connectivity index is 1.88. The Morgan fingerprint density at radius 3 is 2.76 bits per heavy atom. The van der Waals surface area contributed by atoms with Gasteiger partial charge < -0.3 is 5.32 Å². The average Bonchev–Trinajstić information content (AvgIpc) is 2.74. The molecule has 0 fully saturated rings. The standard InChI is InChI=1S/C16H20ClN3O/c1-11(10-20-13(3)7-12(2)19-20)9-18-16(21)14-5-4-6-15(17)8-14/h4-8,11H,9-10H2,1-3H3,(H,18,21). The topological polar surface area (TPSA) is 46.9 Å². The van der Waals surface area contributed by atoms with Gasteiger partial charge in [0.25, 0.3) is 5.91 Å². The van der Waals surface area contributed by atoms with Crippen LogP contribution in [0.5, 0.6) is 0 Å². The first-order valence-corrected chi connectivity index (χ1v) is 7.38. The molecule has 0 saturated carbocycles. The highest BCUT2D eigenvalue weighted by Gasteiger charge is 2.10. The van der Waals surface area contributed by atoms with Crippen molar-refractivity contribution in [3.8, 4) is 0 Å². The number of hydrogen-bond acceptors (Lipinski definition) is 2. The SMILES string of the molecule is Cc1cc(C)n(CC(C)CNC(=O)c2cccc(Cl)c2)n1. The van der Waals surface area contributed by atoms with Gasteiger partial charge in [0, 0.05) is 29.4 Å². The molecule has 5 heteroatoms. The zero-order valence-corrected chi connectivity index (χ0v) is 13.3. The van der Waals surface area contributed by atoms with Crippen LogP contribution in [0.25, 0.3) is 0 Å². The zero-order valence-electron chi connectivity index (χ0n) is 12.6. The summed E-state index contributed by atoms with van der Waals surface area (Å²) in [5.74, 6) is 0.198. The predicted molar refractivity (Wildman–Crippen MR) is 84.7 cm³/mol. The number of benzene rings is 1. The lowest BCUT2D eigenvalue weighted by atomic mass is 10.1. The number of amides is 1. The molecule has 112 valence electrons. The Hall–Kier alpha value is -1.81. The normalized spacial score (nSPS) is 12.2. The molecule has 1 heterocycles. The lowest BCUT2D eigenvalue weighted by Gasteiger charge is -2.14. The summed E-state index contributed by atoms with van der Waals surface area (Å²) in [5.41, 5.74) is 2.74. The van der Waals surface area contributed by atoms with Crippen molar-refractivity contribution in [2.75, 3.05) is 6.54 Å². The molecule has 4 nitrogen and oxygen atoms in total. The number of aromatic nitrogens is 2. The van der Waals surface area contributed by atoms with Gasteiger partial charge in [-0.15, -0.1) is 0 Å². The minimum atomic E-state index is -0.0993. The van der Waals surface area contributed by atoms with Crippen molar-refractivity contribution in [2.45, 2.75) is 27.3 Å². The molecule has 2 rings (SSSR count). The number of hydrogen-bond donors (Lipinski definition) is 1. The number of rotatable bonds is 5. The molecule has 1 atom stereocenters. The Morgan fingerprint density at radius 2 is 2.14 bits per heavy atom. The van der Waals surface area contributed by atoms with E-state index < -0.39 is 0 Å². The summed E-state index contributed by atoms with van der Waals surface area (Å²) < 4.78 is 1.98. The molecule has 1 aromatic carbocycles. The highest BCUT2D eigenvalue weighted by molar-refractivity contribution is 6.30. The van der Waals surface area contributed by atoms with E-state index in [4.69, 9.17) is 11.6 Å². The molecule has 21 heavy (non-hydrogen) atoms. The molecule has 2 aromatic rings. The lowest BCUT2D eigenvalue weighted by molar-refractivity contribution is 0.0946. The summed E-state index contributed by atoms with van der Waals surface area (Å²) in [5, 5.41) is 7.94. The molecule has 0 saturated heterocycles. The Bertz CT molecular complexity index is 636. The van der Waals surface area contributed by atoms with Crippen LogP contribution < -0.4 is 5.32 Å². The van der Waals surface area contributed by atoms with Gasteiger partial charge in [0.2, 0.25) is 0 Å². The fraction of sp³-hybridized carbons (Fsp3) is 0.375. The molecule has 0 spiro atoms. The number of aryl methyl sites for hydroxylation is 2. The first kappa shape index (κ1) is 15.6. The molecule has 1 N–H and O–H groups in total. The van der Waals surface area contributed by atoms with Gasteiger partial charge in [-0.1, -0.05) is 24.6 Å². The minimum Gasteiger partial charge on any atom is -0.352 e. The van der Waals surface area contributed by atoms with Gasteiger partial charge in [-0.25, -0.2) is 0 Å². The third-order valence-electron chi connectivity index (χ3n) is 3.29. The second-order valence-electron chi connectivity index (χ2n) is 5.43. The van der Waals surface area contributed by atoms with E-state index in [1.165, 1.54) is 0 Å². The van der Waals surface area contributed by atoms with Crippen molar-refractivity contribution in [2.24, 2.45) is 5.92 Å². The number of nitrogens with zero attached hydrogens (tertiary/aromatic N) is 2. The molecule has 0 aliphatic heterocycles. The monoisotopic (exact) mass is 305 g/mol. The molecular formula is C16H20ClN3O. The highest BCUT2D eigenvalue weighted by Crippen LogP contribution is 2.11. The fourth-order valence-corrected chi connectivity index (χ4v) is 2.41. The van der Waals surface area contributed by atoms with E-state index in [1.54, 1.807) is 24.3 Å². The smallest absolute Gasteiger partial charge is 0.251 e. The van der Waals surface area contributed by atoms with Crippen molar-refractivity contribution in [3.05, 3.63) is 52.3 Å². The third kappa shape index (κ3) is 4.33. The molecule has 1 aromatic heterocycles. The van der Waals surface area contributed by atoms with E-state index in [0.717, 1.165) is 17.9 Å². The van der Waals surface area contributed by atoms with Crippen LogP contribution in [0, 0.1) is 19.8 Å². The Morgan fingerprint density at radius 1 is 1.38 bits per heavy atom. The fourth-order valence-electron chi connectivity index (χ4n) is 2.22. The van der Waals surface area contributed by atoms with E-state index >= 15 is 0 Å². The maximum absolute atomic E-state index is 12.0. The molecule has 0 aliphatic carbocycles. The van der Waals surface area contributed by atoms with Gasteiger partial charge in [-0.3, -0.25) is 9.48 Å². The zero-order chi connectivity index (χ0) is 15.4. The first-order valence-electron chi connectivity index (χ1n) is 7.00.